The molecule has 0 aliphatic rings. The first-order valence-electron chi connectivity index (χ1n) is 5.84. The van der Waals surface area contributed by atoms with Crippen LogP contribution in [-0.2, 0) is 6.42 Å². The first-order valence-corrected chi connectivity index (χ1v) is 5.84. The monoisotopic (exact) mass is 260 g/mol. The minimum atomic E-state index is -0.740. The lowest BCUT2D eigenvalue weighted by atomic mass is 10.1. The molecule has 0 aliphatic heterocycles. The second kappa shape index (κ2) is 5.95. The van der Waals surface area contributed by atoms with Crippen LogP contribution < -0.4 is 5.32 Å². The van der Waals surface area contributed by atoms with Gasteiger partial charge in [-0.2, -0.15) is 0 Å². The topological polar surface area (TPSA) is 62.2 Å². The van der Waals surface area contributed by atoms with Crippen molar-refractivity contribution in [3.8, 4) is 5.75 Å². The first-order chi connectivity index (χ1) is 9.18. The number of benzene rings is 1. The van der Waals surface area contributed by atoms with Gasteiger partial charge in [0.1, 0.15) is 17.1 Å². The van der Waals surface area contributed by atoms with Crippen LogP contribution in [0.25, 0.3) is 0 Å². The Morgan fingerprint density at radius 3 is 2.79 bits per heavy atom. The van der Waals surface area contributed by atoms with E-state index in [0.717, 1.165) is 11.8 Å². The molecule has 0 atom stereocenters. The maximum atomic E-state index is 13.4. The van der Waals surface area contributed by atoms with E-state index in [1.807, 2.05) is 12.1 Å². The highest BCUT2D eigenvalue weighted by Crippen LogP contribution is 2.19. The number of phenolic OH excluding ortho intramolecular Hbond substituents is 1. The number of nitrogens with zero attached hydrogens (tertiary/aromatic N) is 1. The standard InChI is InChI=1S/C14H13FN2O2/c15-11-5-3-6-12(18)13(11)14(19)17-9-7-10-4-1-2-8-16-10/h1-6,8,18H,7,9H2,(H,17,19). The lowest BCUT2D eigenvalue weighted by Gasteiger charge is -2.07. The van der Waals surface area contributed by atoms with Crippen LogP contribution in [0.15, 0.2) is 42.6 Å². The largest absolute Gasteiger partial charge is 0.507 e. The fraction of sp³-hybridized carbons (Fsp3) is 0.143. The summed E-state index contributed by atoms with van der Waals surface area (Å²) in [5.41, 5.74) is 0.504. The van der Waals surface area contributed by atoms with Crippen molar-refractivity contribution in [1.29, 1.82) is 0 Å². The van der Waals surface area contributed by atoms with Crippen LogP contribution in [0.1, 0.15) is 16.1 Å². The molecule has 5 heteroatoms. The van der Waals surface area contributed by atoms with Crippen LogP contribution in [-0.4, -0.2) is 22.5 Å². The number of aromatic hydroxyl groups is 1. The summed E-state index contributed by atoms with van der Waals surface area (Å²) in [6.07, 6.45) is 2.21. The number of carbonyl (C=O) groups excluding carboxylic acids is 1. The van der Waals surface area contributed by atoms with Crippen LogP contribution in [0.2, 0.25) is 0 Å². The molecule has 2 rings (SSSR count). The highest BCUT2D eigenvalue weighted by Gasteiger charge is 2.15. The highest BCUT2D eigenvalue weighted by atomic mass is 19.1. The van der Waals surface area contributed by atoms with Crippen molar-refractivity contribution in [3.05, 3.63) is 59.7 Å². The quantitative estimate of drug-likeness (QED) is 0.882. The average molecular weight is 260 g/mol. The number of nitrogens with one attached hydrogen (secondary N) is 1. The van der Waals surface area contributed by atoms with E-state index in [2.05, 4.69) is 10.3 Å². The van der Waals surface area contributed by atoms with Crippen molar-refractivity contribution in [2.45, 2.75) is 6.42 Å². The Balaban J connectivity index is 1.95. The molecule has 98 valence electrons. The fourth-order valence-corrected chi connectivity index (χ4v) is 1.68. The Hall–Kier alpha value is -2.43. The lowest BCUT2D eigenvalue weighted by molar-refractivity contribution is 0.0947. The summed E-state index contributed by atoms with van der Waals surface area (Å²) in [4.78, 5) is 15.9. The number of pyridine rings is 1. The number of hydrogen-bond acceptors (Lipinski definition) is 3. The normalized spacial score (nSPS) is 10.2. The zero-order valence-corrected chi connectivity index (χ0v) is 10.1. The third kappa shape index (κ3) is 3.28. The molecule has 0 unspecified atom stereocenters. The molecule has 1 amide bonds. The van der Waals surface area contributed by atoms with Gasteiger partial charge in [0.25, 0.3) is 5.91 Å². The van der Waals surface area contributed by atoms with Crippen LogP contribution in [0, 0.1) is 5.82 Å². The number of carbonyl (C=O) groups is 1. The lowest BCUT2D eigenvalue weighted by Crippen LogP contribution is -2.26. The van der Waals surface area contributed by atoms with E-state index >= 15 is 0 Å². The number of halogens is 1. The zero-order valence-electron chi connectivity index (χ0n) is 10.1. The number of rotatable bonds is 4. The third-order valence-corrected chi connectivity index (χ3v) is 2.61. The number of aromatic nitrogens is 1. The smallest absolute Gasteiger partial charge is 0.258 e. The summed E-state index contributed by atoms with van der Waals surface area (Å²) in [5.74, 6) is -1.74. The van der Waals surface area contributed by atoms with Crippen LogP contribution in [0.5, 0.6) is 5.75 Å². The van der Waals surface area contributed by atoms with Crippen molar-refractivity contribution in [1.82, 2.24) is 10.3 Å². The summed E-state index contributed by atoms with van der Waals surface area (Å²) in [7, 11) is 0. The summed E-state index contributed by atoms with van der Waals surface area (Å²) in [5, 5.41) is 12.0. The third-order valence-electron chi connectivity index (χ3n) is 2.61. The molecule has 0 bridgehead atoms. The van der Waals surface area contributed by atoms with E-state index in [4.69, 9.17) is 0 Å². The van der Waals surface area contributed by atoms with Crippen molar-refractivity contribution in [3.63, 3.8) is 0 Å². The van der Waals surface area contributed by atoms with E-state index in [-0.39, 0.29) is 11.3 Å². The van der Waals surface area contributed by atoms with Gasteiger partial charge in [-0.3, -0.25) is 9.78 Å². The molecular formula is C14H13FN2O2. The second-order valence-corrected chi connectivity index (χ2v) is 3.96. The summed E-state index contributed by atoms with van der Waals surface area (Å²) in [6.45, 7) is 0.323. The van der Waals surface area contributed by atoms with Gasteiger partial charge in [0.2, 0.25) is 0 Å². The highest BCUT2D eigenvalue weighted by molar-refractivity contribution is 5.97. The van der Waals surface area contributed by atoms with E-state index in [9.17, 15) is 14.3 Å². The number of amides is 1. The Morgan fingerprint density at radius 2 is 2.11 bits per heavy atom. The molecule has 0 radical (unpaired) electrons. The Bertz CT molecular complexity index is 553. The van der Waals surface area contributed by atoms with Gasteiger partial charge in [-0.05, 0) is 24.3 Å². The molecule has 1 aromatic heterocycles. The Labute approximate surface area is 109 Å². The van der Waals surface area contributed by atoms with Crippen LogP contribution in [0.3, 0.4) is 0 Å². The summed E-state index contributed by atoms with van der Waals surface area (Å²) in [6, 6.07) is 9.25. The Morgan fingerprint density at radius 1 is 1.26 bits per heavy atom. The summed E-state index contributed by atoms with van der Waals surface area (Å²) >= 11 is 0. The van der Waals surface area contributed by atoms with Gasteiger partial charge < -0.3 is 10.4 Å². The molecule has 4 nitrogen and oxygen atoms in total. The van der Waals surface area contributed by atoms with E-state index in [0.29, 0.717) is 13.0 Å². The van der Waals surface area contributed by atoms with Crippen molar-refractivity contribution < 1.29 is 14.3 Å². The second-order valence-electron chi connectivity index (χ2n) is 3.96. The SMILES string of the molecule is O=C(NCCc1ccccn1)c1c(O)cccc1F. The van der Waals surface area contributed by atoms with Crippen molar-refractivity contribution in [2.24, 2.45) is 0 Å². The fourth-order valence-electron chi connectivity index (χ4n) is 1.68. The Kier molecular flexibility index (Phi) is 4.07. The van der Waals surface area contributed by atoms with E-state index in [1.54, 1.807) is 12.3 Å². The van der Waals surface area contributed by atoms with Gasteiger partial charge in [-0.15, -0.1) is 0 Å². The minimum Gasteiger partial charge on any atom is -0.507 e. The predicted molar refractivity (Wildman–Crippen MR) is 68.3 cm³/mol. The van der Waals surface area contributed by atoms with Crippen LogP contribution >= 0.6 is 0 Å². The average Bonchev–Trinajstić information content (AvgIpc) is 2.40. The van der Waals surface area contributed by atoms with Gasteiger partial charge in [0.15, 0.2) is 0 Å². The van der Waals surface area contributed by atoms with Gasteiger partial charge >= 0.3 is 0 Å². The van der Waals surface area contributed by atoms with E-state index < -0.39 is 11.7 Å². The molecule has 0 spiro atoms. The molecular weight excluding hydrogens is 247 g/mol. The zero-order chi connectivity index (χ0) is 13.7. The molecule has 2 N–H and O–H groups in total. The van der Waals surface area contributed by atoms with Crippen molar-refractivity contribution in [2.75, 3.05) is 6.54 Å². The molecule has 0 saturated heterocycles. The molecule has 1 aromatic carbocycles. The molecule has 0 saturated carbocycles. The van der Waals surface area contributed by atoms with Gasteiger partial charge in [0, 0.05) is 24.9 Å². The van der Waals surface area contributed by atoms with Crippen molar-refractivity contribution >= 4 is 5.91 Å². The number of hydrogen-bond donors (Lipinski definition) is 2. The summed E-state index contributed by atoms with van der Waals surface area (Å²) < 4.78 is 13.4. The van der Waals surface area contributed by atoms with E-state index in [1.165, 1.54) is 12.1 Å². The number of phenols is 1. The molecule has 0 fully saturated rings. The molecule has 2 aromatic rings. The molecule has 0 aliphatic carbocycles. The first kappa shape index (κ1) is 13.0. The molecule has 19 heavy (non-hydrogen) atoms. The predicted octanol–water partition coefficient (Wildman–Crippen LogP) is 1.90. The minimum absolute atomic E-state index is 0.323. The molecule has 1 heterocycles. The van der Waals surface area contributed by atoms with Gasteiger partial charge in [0.05, 0.1) is 0 Å². The van der Waals surface area contributed by atoms with Gasteiger partial charge in [-0.1, -0.05) is 12.1 Å². The van der Waals surface area contributed by atoms with Crippen LogP contribution in [0.4, 0.5) is 4.39 Å². The van der Waals surface area contributed by atoms with Gasteiger partial charge in [-0.25, -0.2) is 4.39 Å². The maximum Gasteiger partial charge on any atom is 0.258 e. The maximum absolute atomic E-state index is 13.4.